The Morgan fingerprint density at radius 1 is 1.14 bits per heavy atom. The molecule has 0 unspecified atom stereocenters. The molecule has 1 fully saturated rings. The number of ketones is 1. The number of Topliss-reactive ketones (excluding diaryl/α,β-unsaturated/α-hetero) is 1. The maximum Gasteiger partial charge on any atom is 0.269 e. The van der Waals surface area contributed by atoms with E-state index in [1.54, 1.807) is 0 Å². The number of nitro groups is 2. The number of rotatable bonds is 5. The van der Waals surface area contributed by atoms with Crippen LogP contribution in [0.4, 0.5) is 5.69 Å². The van der Waals surface area contributed by atoms with E-state index >= 15 is 0 Å². The zero-order valence-corrected chi connectivity index (χ0v) is 11.4. The molecule has 0 aromatic heterocycles. The first-order valence-electron chi connectivity index (χ1n) is 6.88. The topological polar surface area (TPSA) is 103 Å². The zero-order chi connectivity index (χ0) is 15.4. The lowest BCUT2D eigenvalue weighted by Gasteiger charge is -2.26. The number of hydrogen-bond donors (Lipinski definition) is 0. The normalized spacial score (nSPS) is 20.0. The Labute approximate surface area is 121 Å². The first-order chi connectivity index (χ1) is 9.99. The van der Waals surface area contributed by atoms with Crippen LogP contribution < -0.4 is 0 Å². The molecule has 7 nitrogen and oxygen atoms in total. The fourth-order valence-corrected chi connectivity index (χ4v) is 2.90. The summed E-state index contributed by atoms with van der Waals surface area (Å²) in [6, 6.07) is 5.70. The molecular formula is C14H16N2O5. The lowest BCUT2D eigenvalue weighted by Crippen LogP contribution is -2.30. The molecule has 1 aromatic rings. The summed E-state index contributed by atoms with van der Waals surface area (Å²) in [5.74, 6) is -0.800. The molecule has 1 aliphatic rings. The van der Waals surface area contributed by atoms with E-state index in [0.717, 1.165) is 12.8 Å². The van der Waals surface area contributed by atoms with Gasteiger partial charge in [0.05, 0.1) is 10.8 Å². The van der Waals surface area contributed by atoms with E-state index in [1.165, 1.54) is 24.3 Å². The summed E-state index contributed by atoms with van der Waals surface area (Å²) in [5.41, 5.74) is 0.561. The van der Waals surface area contributed by atoms with Crippen LogP contribution in [0.15, 0.2) is 24.3 Å². The molecule has 0 bridgehead atoms. The Morgan fingerprint density at radius 2 is 1.81 bits per heavy atom. The monoisotopic (exact) mass is 292 g/mol. The van der Waals surface area contributed by atoms with E-state index in [4.69, 9.17) is 0 Å². The van der Waals surface area contributed by atoms with E-state index in [0.29, 0.717) is 18.4 Å². The largest absolute Gasteiger partial charge is 0.299 e. The van der Waals surface area contributed by atoms with Crippen LogP contribution in [0.25, 0.3) is 0 Å². The first kappa shape index (κ1) is 15.1. The van der Waals surface area contributed by atoms with Crippen LogP contribution in [0.2, 0.25) is 0 Å². The van der Waals surface area contributed by atoms with E-state index in [-0.39, 0.29) is 23.9 Å². The van der Waals surface area contributed by atoms with Crippen molar-refractivity contribution >= 4 is 11.5 Å². The molecule has 7 heteroatoms. The molecule has 1 aliphatic carbocycles. The highest BCUT2D eigenvalue weighted by Gasteiger charge is 2.34. The van der Waals surface area contributed by atoms with Gasteiger partial charge in [0.15, 0.2) is 0 Å². The van der Waals surface area contributed by atoms with Crippen LogP contribution in [-0.4, -0.2) is 22.2 Å². The van der Waals surface area contributed by atoms with Gasteiger partial charge in [0.2, 0.25) is 6.54 Å². The molecule has 0 aliphatic heterocycles. The van der Waals surface area contributed by atoms with Gasteiger partial charge in [-0.3, -0.25) is 25.0 Å². The third-order valence-electron chi connectivity index (χ3n) is 3.97. The Bertz CT molecular complexity index is 555. The van der Waals surface area contributed by atoms with Crippen LogP contribution in [0.1, 0.15) is 37.2 Å². The molecule has 2 rings (SSSR count). The second kappa shape index (κ2) is 6.43. The molecule has 0 N–H and O–H groups in total. The molecule has 2 atom stereocenters. The smallest absolute Gasteiger partial charge is 0.269 e. The summed E-state index contributed by atoms with van der Waals surface area (Å²) in [6.07, 6.45) is 2.83. The van der Waals surface area contributed by atoms with Gasteiger partial charge in [-0.1, -0.05) is 18.6 Å². The molecule has 1 saturated carbocycles. The maximum absolute atomic E-state index is 12.0. The molecule has 1 aromatic carbocycles. The Kier molecular flexibility index (Phi) is 4.62. The quantitative estimate of drug-likeness (QED) is 0.613. The van der Waals surface area contributed by atoms with Gasteiger partial charge < -0.3 is 0 Å². The average Bonchev–Trinajstić information content (AvgIpc) is 2.45. The second-order valence-electron chi connectivity index (χ2n) is 5.29. The molecule has 0 spiro atoms. The van der Waals surface area contributed by atoms with Gasteiger partial charge >= 0.3 is 0 Å². The van der Waals surface area contributed by atoms with Crippen LogP contribution in [0, 0.1) is 26.1 Å². The summed E-state index contributed by atoms with van der Waals surface area (Å²) >= 11 is 0. The number of non-ortho nitro benzene ring substituents is 1. The lowest BCUT2D eigenvalue weighted by atomic mass is 9.76. The van der Waals surface area contributed by atoms with Crippen molar-refractivity contribution in [2.24, 2.45) is 5.92 Å². The average molecular weight is 292 g/mol. The van der Waals surface area contributed by atoms with Gasteiger partial charge in [0.1, 0.15) is 5.78 Å². The van der Waals surface area contributed by atoms with E-state index in [1.807, 2.05) is 0 Å². The maximum atomic E-state index is 12.0. The standard InChI is InChI=1S/C14H16N2O5/c17-14-4-2-1-3-12(14)13(9-15(18)19)10-5-7-11(8-6-10)16(20)21/h5-8,12-13H,1-4,9H2/t12-,13-/m1/s1. The van der Waals surface area contributed by atoms with Crippen molar-refractivity contribution in [2.75, 3.05) is 6.54 Å². The Morgan fingerprint density at radius 3 is 2.33 bits per heavy atom. The number of nitrogens with zero attached hydrogens (tertiary/aromatic N) is 2. The highest BCUT2D eigenvalue weighted by atomic mass is 16.6. The molecule has 0 heterocycles. The van der Waals surface area contributed by atoms with Crippen LogP contribution in [0.3, 0.4) is 0 Å². The van der Waals surface area contributed by atoms with Gasteiger partial charge in [-0.15, -0.1) is 0 Å². The molecule has 0 saturated heterocycles. The van der Waals surface area contributed by atoms with Crippen molar-refractivity contribution in [3.05, 3.63) is 50.1 Å². The zero-order valence-electron chi connectivity index (χ0n) is 11.4. The van der Waals surface area contributed by atoms with Crippen molar-refractivity contribution in [1.82, 2.24) is 0 Å². The van der Waals surface area contributed by atoms with Crippen LogP contribution in [0.5, 0.6) is 0 Å². The van der Waals surface area contributed by atoms with Crippen molar-refractivity contribution in [3.8, 4) is 0 Å². The SMILES string of the molecule is O=C1CCCC[C@@H]1[C@H](C[N+](=O)[O-])c1ccc([N+](=O)[O-])cc1. The number of carbonyl (C=O) groups is 1. The van der Waals surface area contributed by atoms with Crippen molar-refractivity contribution in [2.45, 2.75) is 31.6 Å². The minimum atomic E-state index is -0.516. The van der Waals surface area contributed by atoms with Gasteiger partial charge in [0.25, 0.3) is 5.69 Å². The van der Waals surface area contributed by atoms with Gasteiger partial charge in [-0.25, -0.2) is 0 Å². The van der Waals surface area contributed by atoms with E-state index in [9.17, 15) is 25.0 Å². The predicted octanol–water partition coefficient (Wildman–Crippen LogP) is 2.71. The summed E-state index contributed by atoms with van der Waals surface area (Å²) in [7, 11) is 0. The molecule has 21 heavy (non-hydrogen) atoms. The summed E-state index contributed by atoms with van der Waals surface area (Å²) in [6.45, 7) is -0.325. The number of benzene rings is 1. The second-order valence-corrected chi connectivity index (χ2v) is 5.29. The fourth-order valence-electron chi connectivity index (χ4n) is 2.90. The van der Waals surface area contributed by atoms with Crippen LogP contribution in [-0.2, 0) is 4.79 Å². The minimum Gasteiger partial charge on any atom is -0.299 e. The summed E-state index contributed by atoms with van der Waals surface area (Å²) in [4.78, 5) is 32.6. The third kappa shape index (κ3) is 3.62. The minimum absolute atomic E-state index is 0.0615. The number of hydrogen-bond acceptors (Lipinski definition) is 5. The van der Waals surface area contributed by atoms with Gasteiger partial charge in [-0.2, -0.15) is 0 Å². The third-order valence-corrected chi connectivity index (χ3v) is 3.97. The summed E-state index contributed by atoms with van der Waals surface area (Å²) in [5, 5.41) is 21.6. The number of nitro benzene ring substituents is 1. The highest BCUT2D eigenvalue weighted by molar-refractivity contribution is 5.82. The van der Waals surface area contributed by atoms with E-state index in [2.05, 4.69) is 0 Å². The van der Waals surface area contributed by atoms with Gasteiger partial charge in [-0.05, 0) is 18.4 Å². The number of carbonyl (C=O) groups excluding carboxylic acids is 1. The highest BCUT2D eigenvalue weighted by Crippen LogP contribution is 2.34. The van der Waals surface area contributed by atoms with Crippen LogP contribution >= 0.6 is 0 Å². The first-order valence-corrected chi connectivity index (χ1v) is 6.88. The fraction of sp³-hybridized carbons (Fsp3) is 0.500. The predicted molar refractivity (Wildman–Crippen MR) is 74.7 cm³/mol. The van der Waals surface area contributed by atoms with Gasteiger partial charge in [0, 0.05) is 29.4 Å². The molecule has 0 amide bonds. The Hall–Kier alpha value is -2.31. The van der Waals surface area contributed by atoms with Crippen molar-refractivity contribution < 1.29 is 14.6 Å². The van der Waals surface area contributed by atoms with Crippen molar-refractivity contribution in [3.63, 3.8) is 0 Å². The lowest BCUT2D eigenvalue weighted by molar-refractivity contribution is -0.484. The molecule has 0 radical (unpaired) electrons. The van der Waals surface area contributed by atoms with Crippen molar-refractivity contribution in [1.29, 1.82) is 0 Å². The molecule has 112 valence electrons. The molecular weight excluding hydrogens is 276 g/mol. The Balaban J connectivity index is 2.28. The van der Waals surface area contributed by atoms with E-state index < -0.39 is 15.8 Å². The summed E-state index contributed by atoms with van der Waals surface area (Å²) < 4.78 is 0.